The van der Waals surface area contributed by atoms with E-state index in [4.69, 9.17) is 9.52 Å². The summed E-state index contributed by atoms with van der Waals surface area (Å²) in [6.07, 6.45) is 0. The van der Waals surface area contributed by atoms with E-state index in [1.54, 1.807) is 11.3 Å². The van der Waals surface area contributed by atoms with Gasteiger partial charge in [0.25, 0.3) is 0 Å². The van der Waals surface area contributed by atoms with Crippen molar-refractivity contribution in [2.75, 3.05) is 0 Å². The highest BCUT2D eigenvalue weighted by Crippen LogP contribution is 2.25. The number of carbonyl (C=O) groups is 1. The lowest BCUT2D eigenvalue weighted by Gasteiger charge is -2.17. The van der Waals surface area contributed by atoms with Crippen LogP contribution < -0.4 is 5.32 Å². The lowest BCUT2D eigenvalue weighted by Crippen LogP contribution is -2.40. The standard InChI is InChI=1S/C14H18N2O3S/c1-8(2)12(14(17)18)15-7-10-9(3)19-13(16-10)11-5-4-6-20-11/h4-6,8,12,15H,7H2,1-3H3,(H,17,18). The SMILES string of the molecule is Cc1oc(-c2cccs2)nc1CNC(C(=O)O)C(C)C. The summed E-state index contributed by atoms with van der Waals surface area (Å²) >= 11 is 1.56. The molecule has 0 radical (unpaired) electrons. The Kier molecular flexibility index (Phi) is 4.57. The zero-order valence-electron chi connectivity index (χ0n) is 11.7. The van der Waals surface area contributed by atoms with Crippen molar-refractivity contribution in [2.24, 2.45) is 5.92 Å². The van der Waals surface area contributed by atoms with E-state index in [0.29, 0.717) is 18.2 Å². The second kappa shape index (κ2) is 6.19. The number of nitrogens with one attached hydrogen (secondary N) is 1. The maximum Gasteiger partial charge on any atom is 0.320 e. The molecule has 0 aliphatic carbocycles. The van der Waals surface area contributed by atoms with Crippen LogP contribution >= 0.6 is 11.3 Å². The molecule has 2 rings (SSSR count). The zero-order valence-corrected chi connectivity index (χ0v) is 12.5. The van der Waals surface area contributed by atoms with Crippen molar-refractivity contribution >= 4 is 17.3 Å². The Morgan fingerprint density at radius 1 is 1.55 bits per heavy atom. The minimum Gasteiger partial charge on any atom is -0.480 e. The van der Waals surface area contributed by atoms with Crippen molar-refractivity contribution in [3.8, 4) is 10.8 Å². The maximum absolute atomic E-state index is 11.1. The van der Waals surface area contributed by atoms with Crippen LogP contribution in [0.1, 0.15) is 25.3 Å². The lowest BCUT2D eigenvalue weighted by atomic mass is 10.0. The van der Waals surface area contributed by atoms with Crippen LogP contribution in [0.5, 0.6) is 0 Å². The summed E-state index contributed by atoms with van der Waals surface area (Å²) < 4.78 is 5.62. The first-order valence-electron chi connectivity index (χ1n) is 6.45. The number of aryl methyl sites for hydroxylation is 1. The molecule has 0 saturated heterocycles. The van der Waals surface area contributed by atoms with Crippen LogP contribution in [0.2, 0.25) is 0 Å². The van der Waals surface area contributed by atoms with Crippen molar-refractivity contribution in [1.29, 1.82) is 0 Å². The average Bonchev–Trinajstić information content (AvgIpc) is 2.98. The smallest absolute Gasteiger partial charge is 0.320 e. The number of nitrogens with zero attached hydrogens (tertiary/aromatic N) is 1. The van der Waals surface area contributed by atoms with E-state index in [9.17, 15) is 4.79 Å². The molecule has 0 fully saturated rings. The molecule has 1 atom stereocenters. The van der Waals surface area contributed by atoms with Gasteiger partial charge < -0.3 is 9.52 Å². The van der Waals surface area contributed by atoms with Crippen molar-refractivity contribution in [3.63, 3.8) is 0 Å². The van der Waals surface area contributed by atoms with Crippen molar-refractivity contribution in [1.82, 2.24) is 10.3 Å². The minimum absolute atomic E-state index is 0.0106. The molecule has 2 aromatic heterocycles. The average molecular weight is 294 g/mol. The summed E-state index contributed by atoms with van der Waals surface area (Å²) in [5.41, 5.74) is 0.750. The molecule has 2 aromatic rings. The molecule has 0 aliphatic rings. The number of oxazole rings is 1. The number of carboxylic acids is 1. The fourth-order valence-electron chi connectivity index (χ4n) is 1.91. The minimum atomic E-state index is -0.848. The maximum atomic E-state index is 11.1. The van der Waals surface area contributed by atoms with E-state index in [1.165, 1.54) is 0 Å². The molecule has 108 valence electrons. The van der Waals surface area contributed by atoms with Gasteiger partial charge in [-0.05, 0) is 24.3 Å². The normalized spacial score (nSPS) is 12.8. The third-order valence-electron chi connectivity index (χ3n) is 3.05. The topological polar surface area (TPSA) is 75.4 Å². The lowest BCUT2D eigenvalue weighted by molar-refractivity contribution is -0.140. The van der Waals surface area contributed by atoms with Crippen LogP contribution in [0.25, 0.3) is 10.8 Å². The molecular weight excluding hydrogens is 276 g/mol. The molecule has 20 heavy (non-hydrogen) atoms. The Labute approximate surface area is 121 Å². The van der Waals surface area contributed by atoms with Crippen molar-refractivity contribution < 1.29 is 14.3 Å². The van der Waals surface area contributed by atoms with Crippen LogP contribution in [0.15, 0.2) is 21.9 Å². The van der Waals surface area contributed by atoms with E-state index >= 15 is 0 Å². The number of aromatic nitrogens is 1. The van der Waals surface area contributed by atoms with Crippen LogP contribution in [-0.4, -0.2) is 22.1 Å². The van der Waals surface area contributed by atoms with Gasteiger partial charge in [0.1, 0.15) is 11.8 Å². The van der Waals surface area contributed by atoms with Crippen LogP contribution in [0, 0.1) is 12.8 Å². The number of hydrogen-bond donors (Lipinski definition) is 2. The van der Waals surface area contributed by atoms with Gasteiger partial charge >= 0.3 is 5.97 Å². The predicted molar refractivity (Wildman–Crippen MR) is 77.7 cm³/mol. The van der Waals surface area contributed by atoms with E-state index < -0.39 is 12.0 Å². The van der Waals surface area contributed by atoms with E-state index in [0.717, 1.165) is 10.6 Å². The van der Waals surface area contributed by atoms with Gasteiger partial charge in [-0.3, -0.25) is 10.1 Å². The highest BCUT2D eigenvalue weighted by molar-refractivity contribution is 7.13. The van der Waals surface area contributed by atoms with Crippen LogP contribution in [0.3, 0.4) is 0 Å². The summed E-state index contributed by atoms with van der Waals surface area (Å²) in [7, 11) is 0. The number of aliphatic carboxylic acids is 1. The molecule has 2 N–H and O–H groups in total. The van der Waals surface area contributed by atoms with Gasteiger partial charge in [-0.1, -0.05) is 19.9 Å². The number of thiophene rings is 1. The summed E-state index contributed by atoms with van der Waals surface area (Å²) in [5.74, 6) is 0.468. The Balaban J connectivity index is 2.09. The molecule has 2 heterocycles. The first-order valence-corrected chi connectivity index (χ1v) is 7.33. The number of carboxylic acid groups (broad SMARTS) is 1. The first kappa shape index (κ1) is 14.7. The fraction of sp³-hybridized carbons (Fsp3) is 0.429. The molecule has 0 saturated carbocycles. The highest BCUT2D eigenvalue weighted by Gasteiger charge is 2.22. The summed E-state index contributed by atoms with van der Waals surface area (Å²) in [4.78, 5) is 16.5. The van der Waals surface area contributed by atoms with Crippen molar-refractivity contribution in [3.05, 3.63) is 29.0 Å². The first-order chi connectivity index (χ1) is 9.49. The molecule has 0 spiro atoms. The Morgan fingerprint density at radius 3 is 2.85 bits per heavy atom. The molecule has 6 heteroatoms. The summed E-state index contributed by atoms with van der Waals surface area (Å²) in [6, 6.07) is 3.30. The highest BCUT2D eigenvalue weighted by atomic mass is 32.1. The second-order valence-corrected chi connectivity index (χ2v) is 5.89. The van der Waals surface area contributed by atoms with E-state index in [-0.39, 0.29) is 5.92 Å². The predicted octanol–water partition coefficient (Wildman–Crippen LogP) is 2.91. The van der Waals surface area contributed by atoms with Gasteiger partial charge in [0.05, 0.1) is 10.6 Å². The molecule has 1 unspecified atom stereocenters. The fourth-order valence-corrected chi connectivity index (χ4v) is 2.56. The quantitative estimate of drug-likeness (QED) is 0.856. The third kappa shape index (κ3) is 3.26. The van der Waals surface area contributed by atoms with Gasteiger partial charge in [0, 0.05) is 6.54 Å². The molecule has 0 aliphatic heterocycles. The monoisotopic (exact) mass is 294 g/mol. The van der Waals surface area contributed by atoms with Gasteiger partial charge in [-0.15, -0.1) is 11.3 Å². The number of hydrogen-bond acceptors (Lipinski definition) is 5. The second-order valence-electron chi connectivity index (χ2n) is 4.94. The number of rotatable bonds is 6. The molecule has 5 nitrogen and oxygen atoms in total. The molecular formula is C14H18N2O3S. The van der Waals surface area contributed by atoms with E-state index in [2.05, 4.69) is 10.3 Å². The van der Waals surface area contributed by atoms with Crippen molar-refractivity contribution in [2.45, 2.75) is 33.4 Å². The summed E-state index contributed by atoms with van der Waals surface area (Å²) in [5, 5.41) is 14.1. The van der Waals surface area contributed by atoms with Gasteiger partial charge in [-0.25, -0.2) is 4.98 Å². The summed E-state index contributed by atoms with van der Waals surface area (Å²) in [6.45, 7) is 5.97. The Bertz CT molecular complexity index is 575. The molecule has 0 bridgehead atoms. The van der Waals surface area contributed by atoms with Gasteiger partial charge in [0.15, 0.2) is 0 Å². The Hall–Kier alpha value is -1.66. The molecule has 0 aromatic carbocycles. The zero-order chi connectivity index (χ0) is 14.7. The van der Waals surface area contributed by atoms with E-state index in [1.807, 2.05) is 38.3 Å². The van der Waals surface area contributed by atoms with Gasteiger partial charge in [0.2, 0.25) is 5.89 Å². The largest absolute Gasteiger partial charge is 0.480 e. The third-order valence-corrected chi connectivity index (χ3v) is 3.90. The van der Waals surface area contributed by atoms with Gasteiger partial charge in [-0.2, -0.15) is 0 Å². The van der Waals surface area contributed by atoms with Crippen LogP contribution in [0.4, 0.5) is 0 Å². The molecule has 0 amide bonds. The van der Waals surface area contributed by atoms with Crippen LogP contribution in [-0.2, 0) is 11.3 Å². The Morgan fingerprint density at radius 2 is 2.30 bits per heavy atom.